The molecule has 2 aromatic carbocycles. The summed E-state index contributed by atoms with van der Waals surface area (Å²) in [6, 6.07) is 11.5. The van der Waals surface area contributed by atoms with E-state index in [0.29, 0.717) is 41.4 Å². The van der Waals surface area contributed by atoms with Crippen molar-refractivity contribution in [1.29, 1.82) is 5.41 Å². The lowest BCUT2D eigenvalue weighted by Crippen LogP contribution is -2.35. The molecule has 8 nitrogen and oxygen atoms in total. The number of nitrogens with zero attached hydrogens (tertiary/aromatic N) is 3. The molecule has 2 aromatic rings. The van der Waals surface area contributed by atoms with Crippen molar-refractivity contribution in [3.8, 4) is 17.2 Å². The van der Waals surface area contributed by atoms with Crippen molar-refractivity contribution >= 4 is 39.8 Å². The maximum Gasteiger partial charge on any atom is 0.283 e. The summed E-state index contributed by atoms with van der Waals surface area (Å²) in [4.78, 5) is 17.1. The third-order valence-electron chi connectivity index (χ3n) is 6.87. The summed E-state index contributed by atoms with van der Waals surface area (Å²) in [5.41, 5.74) is 3.12. The number of amidine groups is 2. The molecule has 1 saturated carbocycles. The summed E-state index contributed by atoms with van der Waals surface area (Å²) in [7, 11) is 1.57. The van der Waals surface area contributed by atoms with Gasteiger partial charge in [-0.25, -0.2) is 0 Å². The second-order valence-corrected chi connectivity index (χ2v) is 10.7. The quantitative estimate of drug-likeness (QED) is 0.332. The third kappa shape index (κ3) is 5.62. The molecule has 0 radical (unpaired) electrons. The molecule has 1 N–H and O–H groups in total. The van der Waals surface area contributed by atoms with Crippen LogP contribution in [-0.2, 0) is 4.79 Å². The molecule has 0 unspecified atom stereocenters. The van der Waals surface area contributed by atoms with Crippen molar-refractivity contribution < 1.29 is 19.0 Å². The zero-order valence-electron chi connectivity index (χ0n) is 22.0. The van der Waals surface area contributed by atoms with Gasteiger partial charge in [0.25, 0.3) is 5.91 Å². The number of amides is 1. The Bertz CT molecular complexity index is 1340. The second-order valence-electron chi connectivity index (χ2n) is 9.67. The highest BCUT2D eigenvalue weighted by Gasteiger charge is 2.38. The molecule has 0 bridgehead atoms. The van der Waals surface area contributed by atoms with Gasteiger partial charge in [-0.2, -0.15) is 15.1 Å². The summed E-state index contributed by atoms with van der Waals surface area (Å²) >= 11 is 1.42. The summed E-state index contributed by atoms with van der Waals surface area (Å²) in [6.07, 6.45) is 7.50. The number of methoxy groups -OCH3 is 1. The molecule has 1 amide bonds. The van der Waals surface area contributed by atoms with E-state index in [9.17, 15) is 4.79 Å². The van der Waals surface area contributed by atoms with Crippen LogP contribution in [0.1, 0.15) is 48.8 Å². The standard InChI is InChI=1S/C29H32N4O4S/c1-18-9-10-19(2)24(15-18)37-14-13-36-23-12-11-20(17-25(23)35-3)16-22-26(30)33-29(31-27(22)34)38-28(32-33)21-7-5-4-6-8-21/h9-12,15-17,21,30H,4-8,13-14H2,1-3H3/b22-16+,30-26?. The fraction of sp³-hybridized carbons (Fsp3) is 0.379. The van der Waals surface area contributed by atoms with E-state index in [0.717, 1.165) is 34.8 Å². The van der Waals surface area contributed by atoms with Gasteiger partial charge in [0.05, 0.1) is 12.7 Å². The first-order chi connectivity index (χ1) is 18.4. The number of aliphatic imine (C=N–C) groups is 1. The van der Waals surface area contributed by atoms with Crippen molar-refractivity contribution in [3.63, 3.8) is 0 Å². The number of fused-ring (bicyclic) bond motifs is 1. The van der Waals surface area contributed by atoms with Gasteiger partial charge in [-0.05, 0) is 79.4 Å². The van der Waals surface area contributed by atoms with Crippen LogP contribution in [0, 0.1) is 25.2 Å². The SMILES string of the molecule is COc1cc(/C=C2\C(=N)N3N=C(C4CCCCC4)SC3=NC2=O)ccc1OCCOc1cc(C)ccc1C. The van der Waals surface area contributed by atoms with Gasteiger partial charge >= 0.3 is 0 Å². The Morgan fingerprint density at radius 1 is 1.03 bits per heavy atom. The number of aryl methyl sites for hydroxylation is 2. The Morgan fingerprint density at radius 2 is 1.79 bits per heavy atom. The van der Waals surface area contributed by atoms with Crippen LogP contribution in [0.2, 0.25) is 0 Å². The predicted octanol–water partition coefficient (Wildman–Crippen LogP) is 5.97. The van der Waals surface area contributed by atoms with Gasteiger partial charge in [-0.1, -0.05) is 37.5 Å². The van der Waals surface area contributed by atoms with Gasteiger partial charge < -0.3 is 14.2 Å². The molecule has 5 rings (SSSR count). The molecular weight excluding hydrogens is 500 g/mol. The molecule has 1 fully saturated rings. The average molecular weight is 533 g/mol. The van der Waals surface area contributed by atoms with Crippen LogP contribution in [0.5, 0.6) is 17.2 Å². The highest BCUT2D eigenvalue weighted by molar-refractivity contribution is 8.27. The van der Waals surface area contributed by atoms with Crippen LogP contribution in [0.25, 0.3) is 6.08 Å². The molecule has 198 valence electrons. The minimum absolute atomic E-state index is 0.0428. The van der Waals surface area contributed by atoms with Gasteiger partial charge in [0.15, 0.2) is 17.3 Å². The Morgan fingerprint density at radius 3 is 2.55 bits per heavy atom. The summed E-state index contributed by atoms with van der Waals surface area (Å²) < 4.78 is 17.3. The van der Waals surface area contributed by atoms with E-state index >= 15 is 0 Å². The largest absolute Gasteiger partial charge is 0.493 e. The summed E-state index contributed by atoms with van der Waals surface area (Å²) in [5.74, 6) is 1.94. The normalized spacial score (nSPS) is 18.8. The Labute approximate surface area is 227 Å². The maximum atomic E-state index is 12.8. The smallest absolute Gasteiger partial charge is 0.283 e. The van der Waals surface area contributed by atoms with E-state index in [1.807, 2.05) is 32.0 Å². The third-order valence-corrected chi connectivity index (χ3v) is 7.94. The van der Waals surface area contributed by atoms with Crippen molar-refractivity contribution in [2.24, 2.45) is 16.0 Å². The van der Waals surface area contributed by atoms with Crippen LogP contribution in [-0.4, -0.2) is 47.3 Å². The molecule has 0 atom stereocenters. The molecule has 3 aliphatic rings. The van der Waals surface area contributed by atoms with E-state index in [2.05, 4.69) is 16.2 Å². The van der Waals surface area contributed by atoms with Crippen LogP contribution < -0.4 is 14.2 Å². The lowest BCUT2D eigenvalue weighted by Gasteiger charge is -2.20. The number of hydrazone groups is 1. The number of hydrogen-bond acceptors (Lipinski definition) is 7. The van der Waals surface area contributed by atoms with Crippen molar-refractivity contribution in [1.82, 2.24) is 5.01 Å². The first-order valence-electron chi connectivity index (χ1n) is 12.9. The Kier molecular flexibility index (Phi) is 7.83. The van der Waals surface area contributed by atoms with Crippen LogP contribution in [0.3, 0.4) is 0 Å². The molecule has 38 heavy (non-hydrogen) atoms. The van der Waals surface area contributed by atoms with Crippen molar-refractivity contribution in [2.75, 3.05) is 20.3 Å². The summed E-state index contributed by atoms with van der Waals surface area (Å²) in [5, 5.41) is 16.3. The van der Waals surface area contributed by atoms with E-state index in [1.165, 1.54) is 36.0 Å². The van der Waals surface area contributed by atoms with Crippen LogP contribution in [0.4, 0.5) is 0 Å². The second kappa shape index (κ2) is 11.4. The topological polar surface area (TPSA) is 96.6 Å². The van der Waals surface area contributed by atoms with Gasteiger partial charge in [-0.15, -0.1) is 0 Å². The lowest BCUT2D eigenvalue weighted by molar-refractivity contribution is -0.114. The predicted molar refractivity (Wildman–Crippen MR) is 151 cm³/mol. The van der Waals surface area contributed by atoms with E-state index in [4.69, 9.17) is 19.6 Å². The number of ether oxygens (including phenoxy) is 3. The molecule has 0 saturated heterocycles. The number of thioether (sulfide) groups is 1. The van der Waals surface area contributed by atoms with Crippen LogP contribution >= 0.6 is 11.8 Å². The van der Waals surface area contributed by atoms with Gasteiger partial charge in [0, 0.05) is 5.92 Å². The Hall–Kier alpha value is -3.59. The number of nitrogens with one attached hydrogen (secondary N) is 1. The van der Waals surface area contributed by atoms with E-state index in [1.54, 1.807) is 25.3 Å². The lowest BCUT2D eigenvalue weighted by atomic mass is 9.90. The first kappa shape index (κ1) is 26.0. The monoisotopic (exact) mass is 532 g/mol. The zero-order valence-corrected chi connectivity index (χ0v) is 22.8. The average Bonchev–Trinajstić information content (AvgIpc) is 3.36. The van der Waals surface area contributed by atoms with Crippen molar-refractivity contribution in [3.05, 3.63) is 58.7 Å². The molecular formula is C29H32N4O4S. The molecule has 2 heterocycles. The van der Waals surface area contributed by atoms with Gasteiger partial charge in [0.1, 0.15) is 24.0 Å². The molecule has 9 heteroatoms. The number of carbonyl (C=O) groups is 1. The molecule has 0 aromatic heterocycles. The number of benzene rings is 2. The van der Waals surface area contributed by atoms with Gasteiger partial charge in [0.2, 0.25) is 5.17 Å². The van der Waals surface area contributed by atoms with Gasteiger partial charge in [-0.3, -0.25) is 10.2 Å². The van der Waals surface area contributed by atoms with Crippen LogP contribution in [0.15, 0.2) is 52.1 Å². The van der Waals surface area contributed by atoms with E-state index in [-0.39, 0.29) is 11.4 Å². The fourth-order valence-corrected chi connectivity index (χ4v) is 5.81. The minimum Gasteiger partial charge on any atom is -0.493 e. The highest BCUT2D eigenvalue weighted by Crippen LogP contribution is 2.36. The highest BCUT2D eigenvalue weighted by atomic mass is 32.2. The van der Waals surface area contributed by atoms with Crippen molar-refractivity contribution in [2.45, 2.75) is 46.0 Å². The fourth-order valence-electron chi connectivity index (χ4n) is 4.75. The maximum absolute atomic E-state index is 12.8. The minimum atomic E-state index is -0.434. The summed E-state index contributed by atoms with van der Waals surface area (Å²) in [6.45, 7) is 4.78. The number of hydrogen-bond donors (Lipinski definition) is 1. The van der Waals surface area contributed by atoms with E-state index < -0.39 is 5.91 Å². The molecule has 2 aliphatic heterocycles. The Balaban J connectivity index is 1.26. The zero-order chi connectivity index (χ0) is 26.6. The first-order valence-corrected chi connectivity index (χ1v) is 13.8. The molecule has 1 aliphatic carbocycles. The number of rotatable bonds is 8. The number of carbonyl (C=O) groups excluding carboxylic acids is 1. The molecule has 0 spiro atoms.